The summed E-state index contributed by atoms with van der Waals surface area (Å²) < 4.78 is 11.7. The van der Waals surface area contributed by atoms with Crippen LogP contribution < -0.4 is 0 Å². The first-order chi connectivity index (χ1) is 10.8. The van der Waals surface area contributed by atoms with Crippen LogP contribution in [0.2, 0.25) is 0 Å². The fourth-order valence-corrected chi connectivity index (χ4v) is 3.47. The van der Waals surface area contributed by atoms with Crippen molar-refractivity contribution in [1.82, 2.24) is 4.90 Å². The molecule has 0 unspecified atom stereocenters. The van der Waals surface area contributed by atoms with E-state index in [0.717, 1.165) is 18.4 Å². The van der Waals surface area contributed by atoms with Gasteiger partial charge >= 0.3 is 0 Å². The van der Waals surface area contributed by atoms with Crippen molar-refractivity contribution in [3.63, 3.8) is 0 Å². The minimum absolute atomic E-state index is 0.00780. The third kappa shape index (κ3) is 3.23. The zero-order chi connectivity index (χ0) is 15.4. The molecule has 1 aromatic rings. The molecular weight excluding hydrogens is 278 g/mol. The summed E-state index contributed by atoms with van der Waals surface area (Å²) in [5.41, 5.74) is 1.06. The average Bonchev–Trinajstić information content (AvgIpc) is 2.97. The number of ether oxygens (including phenoxy) is 2. The summed E-state index contributed by atoms with van der Waals surface area (Å²) in [7, 11) is 0. The van der Waals surface area contributed by atoms with E-state index in [2.05, 4.69) is 6.58 Å². The minimum Gasteiger partial charge on any atom is -0.372 e. The van der Waals surface area contributed by atoms with Gasteiger partial charge in [-0.1, -0.05) is 36.4 Å². The number of carbonyl (C=O) groups is 1. The summed E-state index contributed by atoms with van der Waals surface area (Å²) in [6.07, 6.45) is 4.20. The van der Waals surface area contributed by atoms with E-state index in [4.69, 9.17) is 9.47 Å². The van der Waals surface area contributed by atoms with Gasteiger partial charge in [-0.3, -0.25) is 4.79 Å². The molecule has 2 aliphatic rings. The minimum atomic E-state index is 0.00780. The van der Waals surface area contributed by atoms with Gasteiger partial charge in [-0.15, -0.1) is 6.58 Å². The summed E-state index contributed by atoms with van der Waals surface area (Å²) in [5, 5.41) is 0. The standard InChI is InChI=1S/C18H23NO3/c1-2-11-21-16-9-8-15-18(16)22-12-10-19(15)17(20)13-14-6-4-3-5-7-14/h2-7,15-16,18H,1,8-13H2/t15-,16-,18-/m0/s1. The van der Waals surface area contributed by atoms with E-state index in [9.17, 15) is 4.79 Å². The first-order valence-electron chi connectivity index (χ1n) is 7.97. The predicted octanol–water partition coefficient (Wildman–Crippen LogP) is 2.19. The fraction of sp³-hybridized carbons (Fsp3) is 0.500. The lowest BCUT2D eigenvalue weighted by molar-refractivity contribution is -0.150. The summed E-state index contributed by atoms with van der Waals surface area (Å²) in [4.78, 5) is 14.6. The van der Waals surface area contributed by atoms with Gasteiger partial charge in [-0.05, 0) is 18.4 Å². The predicted molar refractivity (Wildman–Crippen MR) is 84.6 cm³/mol. The van der Waals surface area contributed by atoms with Crippen LogP contribution in [0.1, 0.15) is 18.4 Å². The molecule has 1 amide bonds. The van der Waals surface area contributed by atoms with Crippen molar-refractivity contribution in [3.05, 3.63) is 48.6 Å². The second-order valence-corrected chi connectivity index (χ2v) is 5.89. The van der Waals surface area contributed by atoms with E-state index in [0.29, 0.717) is 26.2 Å². The molecule has 4 nitrogen and oxygen atoms in total. The van der Waals surface area contributed by atoms with Crippen LogP contribution in [0.4, 0.5) is 0 Å². The molecule has 1 saturated carbocycles. The van der Waals surface area contributed by atoms with Gasteiger partial charge in [-0.2, -0.15) is 0 Å². The van der Waals surface area contributed by atoms with Crippen molar-refractivity contribution in [1.29, 1.82) is 0 Å². The SMILES string of the molecule is C=CCO[C@H]1CC[C@H]2[C@@H]1OCCN2C(=O)Cc1ccccc1. The lowest BCUT2D eigenvalue weighted by atomic mass is 10.1. The maximum atomic E-state index is 12.6. The third-order valence-electron chi connectivity index (χ3n) is 4.48. The molecule has 1 heterocycles. The Balaban J connectivity index is 1.64. The monoisotopic (exact) mass is 301 g/mol. The van der Waals surface area contributed by atoms with E-state index < -0.39 is 0 Å². The lowest BCUT2D eigenvalue weighted by Gasteiger charge is -2.39. The van der Waals surface area contributed by atoms with E-state index >= 15 is 0 Å². The molecule has 1 aliphatic heterocycles. The molecular formula is C18H23NO3. The van der Waals surface area contributed by atoms with Crippen LogP contribution in [0, 0.1) is 0 Å². The molecule has 1 aromatic carbocycles. The molecule has 118 valence electrons. The molecule has 22 heavy (non-hydrogen) atoms. The Morgan fingerprint density at radius 3 is 2.95 bits per heavy atom. The largest absolute Gasteiger partial charge is 0.372 e. The summed E-state index contributed by atoms with van der Waals surface area (Å²) in [6.45, 7) is 5.50. The van der Waals surface area contributed by atoms with Gasteiger partial charge in [0.05, 0.1) is 31.8 Å². The normalized spacial score (nSPS) is 27.5. The molecule has 0 bridgehead atoms. The molecule has 1 saturated heterocycles. The van der Waals surface area contributed by atoms with Gasteiger partial charge in [0.25, 0.3) is 0 Å². The number of amides is 1. The van der Waals surface area contributed by atoms with Crippen molar-refractivity contribution in [2.45, 2.75) is 37.5 Å². The topological polar surface area (TPSA) is 38.8 Å². The number of nitrogens with zero attached hydrogens (tertiary/aromatic N) is 1. The molecule has 3 atom stereocenters. The number of fused-ring (bicyclic) bond motifs is 1. The molecule has 2 fully saturated rings. The van der Waals surface area contributed by atoms with Gasteiger partial charge in [-0.25, -0.2) is 0 Å². The first kappa shape index (κ1) is 15.3. The average molecular weight is 301 g/mol. The van der Waals surface area contributed by atoms with Crippen molar-refractivity contribution in [2.75, 3.05) is 19.8 Å². The quantitative estimate of drug-likeness (QED) is 0.783. The molecule has 4 heteroatoms. The molecule has 0 N–H and O–H groups in total. The Hall–Kier alpha value is -1.65. The Kier molecular flexibility index (Phi) is 4.90. The molecule has 3 rings (SSSR count). The van der Waals surface area contributed by atoms with Crippen LogP contribution >= 0.6 is 0 Å². The van der Waals surface area contributed by atoms with Gasteiger partial charge in [0, 0.05) is 6.54 Å². The molecule has 0 spiro atoms. The van der Waals surface area contributed by atoms with E-state index in [1.54, 1.807) is 6.08 Å². The van der Waals surface area contributed by atoms with Crippen LogP contribution in [-0.4, -0.2) is 48.8 Å². The Morgan fingerprint density at radius 1 is 1.36 bits per heavy atom. The third-order valence-corrected chi connectivity index (χ3v) is 4.48. The smallest absolute Gasteiger partial charge is 0.227 e. The van der Waals surface area contributed by atoms with Crippen molar-refractivity contribution >= 4 is 5.91 Å². The fourth-order valence-electron chi connectivity index (χ4n) is 3.47. The molecule has 0 radical (unpaired) electrons. The van der Waals surface area contributed by atoms with Crippen molar-refractivity contribution < 1.29 is 14.3 Å². The first-order valence-corrected chi connectivity index (χ1v) is 7.97. The highest BCUT2D eigenvalue weighted by Gasteiger charge is 2.44. The number of hydrogen-bond donors (Lipinski definition) is 0. The van der Waals surface area contributed by atoms with Gasteiger partial charge < -0.3 is 14.4 Å². The number of hydrogen-bond acceptors (Lipinski definition) is 3. The highest BCUT2D eigenvalue weighted by Crippen LogP contribution is 2.32. The Labute approximate surface area is 131 Å². The molecule has 0 aromatic heterocycles. The Morgan fingerprint density at radius 2 is 2.18 bits per heavy atom. The van der Waals surface area contributed by atoms with E-state index in [1.807, 2.05) is 35.2 Å². The van der Waals surface area contributed by atoms with E-state index in [-0.39, 0.29) is 24.2 Å². The summed E-state index contributed by atoms with van der Waals surface area (Å²) in [6, 6.07) is 10.1. The number of rotatable bonds is 5. The van der Waals surface area contributed by atoms with E-state index in [1.165, 1.54) is 0 Å². The molecule has 1 aliphatic carbocycles. The van der Waals surface area contributed by atoms with Crippen LogP contribution in [0.5, 0.6) is 0 Å². The Bertz CT molecular complexity index is 516. The zero-order valence-electron chi connectivity index (χ0n) is 12.8. The van der Waals surface area contributed by atoms with Gasteiger partial charge in [0.1, 0.15) is 6.10 Å². The highest BCUT2D eigenvalue weighted by atomic mass is 16.5. The maximum Gasteiger partial charge on any atom is 0.227 e. The number of carbonyl (C=O) groups excluding carboxylic acids is 1. The number of morpholine rings is 1. The van der Waals surface area contributed by atoms with Crippen molar-refractivity contribution in [2.24, 2.45) is 0 Å². The van der Waals surface area contributed by atoms with Gasteiger partial charge in [0.2, 0.25) is 5.91 Å². The summed E-state index contributed by atoms with van der Waals surface area (Å²) in [5.74, 6) is 0.189. The van der Waals surface area contributed by atoms with Crippen molar-refractivity contribution in [3.8, 4) is 0 Å². The maximum absolute atomic E-state index is 12.6. The van der Waals surface area contributed by atoms with Crippen LogP contribution in [0.3, 0.4) is 0 Å². The van der Waals surface area contributed by atoms with Crippen LogP contribution in [0.15, 0.2) is 43.0 Å². The second-order valence-electron chi connectivity index (χ2n) is 5.89. The second kappa shape index (κ2) is 7.07. The van der Waals surface area contributed by atoms with Crippen LogP contribution in [-0.2, 0) is 20.7 Å². The number of benzene rings is 1. The highest BCUT2D eigenvalue weighted by molar-refractivity contribution is 5.79. The van der Waals surface area contributed by atoms with Crippen LogP contribution in [0.25, 0.3) is 0 Å². The lowest BCUT2D eigenvalue weighted by Crippen LogP contribution is -2.54. The van der Waals surface area contributed by atoms with Gasteiger partial charge in [0.15, 0.2) is 0 Å². The zero-order valence-corrected chi connectivity index (χ0v) is 12.8. The summed E-state index contributed by atoms with van der Waals surface area (Å²) >= 11 is 0.